The lowest BCUT2D eigenvalue weighted by atomic mass is 9.89. The van der Waals surface area contributed by atoms with E-state index in [1.807, 2.05) is 61.8 Å². The summed E-state index contributed by atoms with van der Waals surface area (Å²) in [7, 11) is 1.92. The molecule has 2 aliphatic heterocycles. The number of carbonyl (C=O) groups excluding carboxylic acids is 5. The van der Waals surface area contributed by atoms with Crippen molar-refractivity contribution in [3.05, 3.63) is 70.2 Å². The van der Waals surface area contributed by atoms with E-state index in [4.69, 9.17) is 30.5 Å². The van der Waals surface area contributed by atoms with Gasteiger partial charge >= 0.3 is 0 Å². The summed E-state index contributed by atoms with van der Waals surface area (Å²) in [5.74, 6) is 0.321. The van der Waals surface area contributed by atoms with E-state index in [9.17, 15) is 24.0 Å². The van der Waals surface area contributed by atoms with Crippen LogP contribution in [0.5, 0.6) is 0 Å². The lowest BCUT2D eigenvalue weighted by molar-refractivity contribution is -0.135. The van der Waals surface area contributed by atoms with Gasteiger partial charge in [-0.15, -0.1) is 0 Å². The van der Waals surface area contributed by atoms with Crippen LogP contribution >= 0.6 is 23.4 Å². The second-order valence-corrected chi connectivity index (χ2v) is 17.5. The number of unbranched alkanes of at least 4 members (excludes halogenated alkanes) is 1. The Bertz CT molecular complexity index is 1670. The average molecular weight is 904 g/mol. The fourth-order valence-corrected chi connectivity index (χ4v) is 9.32. The molecule has 0 spiro atoms. The number of piperidine rings is 1. The third-order valence-corrected chi connectivity index (χ3v) is 12.8. The number of likely N-dealkylation sites (N-methyl/N-ethyl adjacent to an activating group) is 1. The van der Waals surface area contributed by atoms with Crippen molar-refractivity contribution < 1.29 is 42.9 Å². The zero-order valence-electron chi connectivity index (χ0n) is 36.5. The normalized spacial score (nSPS) is 18.3. The van der Waals surface area contributed by atoms with E-state index in [2.05, 4.69) is 26.6 Å². The molecule has 15 nitrogen and oxygen atoms in total. The SMILES string of the molecule is CN[C@H]1C(NC=O)CSC1CCCCC(=O)NCCOCCOCCOCCOCCNC(=O)c1cccc(C(=O)NC(C(=O)N2CCC(c3ccc(Cl)cc3)CC2)C(C)C)c1. The summed E-state index contributed by atoms with van der Waals surface area (Å²) in [5, 5.41) is 16.0. The highest BCUT2D eigenvalue weighted by Crippen LogP contribution is 2.31. The summed E-state index contributed by atoms with van der Waals surface area (Å²) in [4.78, 5) is 64.5. The number of thioether (sulfide) groups is 1. The van der Waals surface area contributed by atoms with Crippen molar-refractivity contribution in [3.63, 3.8) is 0 Å². The van der Waals surface area contributed by atoms with Crippen LogP contribution in [0.3, 0.4) is 0 Å². The van der Waals surface area contributed by atoms with Gasteiger partial charge in [-0.1, -0.05) is 50.1 Å². The van der Waals surface area contributed by atoms with Crippen molar-refractivity contribution in [3.8, 4) is 0 Å². The number of ether oxygens (including phenoxy) is 4. The molecule has 0 aliphatic carbocycles. The summed E-state index contributed by atoms with van der Waals surface area (Å²) < 4.78 is 22.2. The Morgan fingerprint density at radius 1 is 0.823 bits per heavy atom. The molecule has 0 saturated carbocycles. The summed E-state index contributed by atoms with van der Waals surface area (Å²) in [6, 6.07) is 14.0. The first-order chi connectivity index (χ1) is 30.1. The number of carbonyl (C=O) groups is 5. The Morgan fingerprint density at radius 2 is 1.42 bits per heavy atom. The maximum absolute atomic E-state index is 13.6. The fourth-order valence-electron chi connectivity index (χ4n) is 7.57. The molecule has 17 heteroatoms. The van der Waals surface area contributed by atoms with Gasteiger partial charge in [0.15, 0.2) is 0 Å². The quantitative estimate of drug-likeness (QED) is 0.0592. The van der Waals surface area contributed by atoms with Crippen LogP contribution in [0.15, 0.2) is 48.5 Å². The Labute approximate surface area is 376 Å². The fraction of sp³-hybridized carbons (Fsp3) is 0.622. The molecule has 344 valence electrons. The Balaban J connectivity index is 0.963. The Morgan fingerprint density at radius 3 is 2.02 bits per heavy atom. The summed E-state index contributed by atoms with van der Waals surface area (Å²) >= 11 is 7.92. The maximum atomic E-state index is 13.6. The molecule has 2 saturated heterocycles. The highest BCUT2D eigenvalue weighted by atomic mass is 35.5. The van der Waals surface area contributed by atoms with Gasteiger partial charge in [0.05, 0.1) is 58.9 Å². The van der Waals surface area contributed by atoms with Crippen LogP contribution in [0, 0.1) is 5.92 Å². The van der Waals surface area contributed by atoms with Crippen molar-refractivity contribution in [1.29, 1.82) is 0 Å². The summed E-state index contributed by atoms with van der Waals surface area (Å²) in [6.45, 7) is 8.87. The zero-order valence-corrected chi connectivity index (χ0v) is 38.1. The Kier molecular flexibility index (Phi) is 23.7. The van der Waals surface area contributed by atoms with E-state index in [1.165, 1.54) is 11.6 Å². The average Bonchev–Trinajstić information content (AvgIpc) is 3.67. The van der Waals surface area contributed by atoms with Gasteiger partial charge < -0.3 is 50.4 Å². The first-order valence-electron chi connectivity index (χ1n) is 21.9. The molecule has 2 aliphatic rings. The summed E-state index contributed by atoms with van der Waals surface area (Å²) in [6.07, 6.45) is 5.73. The number of amides is 5. The van der Waals surface area contributed by atoms with Crippen molar-refractivity contribution in [2.45, 2.75) is 81.7 Å². The number of hydrogen-bond acceptors (Lipinski definition) is 11. The number of nitrogens with one attached hydrogen (secondary N) is 5. The van der Waals surface area contributed by atoms with E-state index < -0.39 is 11.9 Å². The van der Waals surface area contributed by atoms with Crippen LogP contribution in [0.25, 0.3) is 0 Å². The molecule has 2 aromatic carbocycles. The first kappa shape index (κ1) is 50.9. The van der Waals surface area contributed by atoms with Crippen molar-refractivity contribution in [2.24, 2.45) is 5.92 Å². The second-order valence-electron chi connectivity index (χ2n) is 15.8. The van der Waals surface area contributed by atoms with Gasteiger partial charge in [0, 0.05) is 65.8 Å². The van der Waals surface area contributed by atoms with E-state index in [0.717, 1.165) is 44.3 Å². The number of nitrogens with zero attached hydrogens (tertiary/aromatic N) is 1. The standard InChI is InChI=1S/C45H67ClN6O9S/c1-32(2)41(45(57)52-19-15-34(16-20-52)33-11-13-37(46)14-12-33)51-44(56)36-8-6-7-35(29-36)43(55)49-18-22-59-24-26-61-28-27-60-25-23-58-21-17-48-40(54)10-5-4-9-39-42(47-3)38(30-62-39)50-31-53/h6-8,11-14,29,31-32,34,38-39,41-42,47H,4-5,9-10,15-28,30H2,1-3H3,(H,48,54)(H,49,55)(H,50,53)(H,51,56)/t38?,39?,41?,42-/m0/s1. The van der Waals surface area contributed by atoms with Crippen LogP contribution in [0.4, 0.5) is 0 Å². The van der Waals surface area contributed by atoms with E-state index in [0.29, 0.717) is 106 Å². The van der Waals surface area contributed by atoms with Crippen LogP contribution in [0.1, 0.15) is 84.6 Å². The molecule has 2 aromatic rings. The second kappa shape index (κ2) is 28.8. The number of benzene rings is 2. The van der Waals surface area contributed by atoms with Gasteiger partial charge in [0.2, 0.25) is 18.2 Å². The van der Waals surface area contributed by atoms with Gasteiger partial charge in [0.1, 0.15) is 6.04 Å². The lowest BCUT2D eigenvalue weighted by Crippen LogP contribution is -2.52. The van der Waals surface area contributed by atoms with Crippen LogP contribution in [-0.2, 0) is 33.3 Å². The highest BCUT2D eigenvalue weighted by molar-refractivity contribution is 8.00. The third-order valence-electron chi connectivity index (χ3n) is 11.1. The smallest absolute Gasteiger partial charge is 0.251 e. The van der Waals surface area contributed by atoms with Crippen LogP contribution < -0.4 is 26.6 Å². The van der Waals surface area contributed by atoms with Crippen molar-refractivity contribution in [1.82, 2.24) is 31.5 Å². The van der Waals surface area contributed by atoms with Crippen molar-refractivity contribution >= 4 is 53.4 Å². The predicted octanol–water partition coefficient (Wildman–Crippen LogP) is 3.79. The molecule has 4 rings (SSSR count). The molecule has 3 unspecified atom stereocenters. The van der Waals surface area contributed by atoms with Gasteiger partial charge in [-0.3, -0.25) is 24.0 Å². The maximum Gasteiger partial charge on any atom is 0.251 e. The predicted molar refractivity (Wildman–Crippen MR) is 242 cm³/mol. The van der Waals surface area contributed by atoms with Crippen molar-refractivity contribution in [2.75, 3.05) is 91.8 Å². The summed E-state index contributed by atoms with van der Waals surface area (Å²) in [5.41, 5.74) is 1.85. The number of hydrogen-bond donors (Lipinski definition) is 5. The molecule has 0 radical (unpaired) electrons. The molecule has 2 heterocycles. The minimum absolute atomic E-state index is 0.0228. The Hall–Kier alpha value is -3.77. The van der Waals surface area contributed by atoms with Gasteiger partial charge in [-0.2, -0.15) is 11.8 Å². The van der Waals surface area contributed by atoms with E-state index in [1.54, 1.807) is 18.2 Å². The number of halogens is 1. The van der Waals surface area contributed by atoms with Gasteiger partial charge in [-0.25, -0.2) is 0 Å². The molecule has 4 atom stereocenters. The number of likely N-dealkylation sites (tertiary alicyclic amines) is 1. The lowest BCUT2D eigenvalue weighted by Gasteiger charge is -2.35. The van der Waals surface area contributed by atoms with Crippen LogP contribution in [0.2, 0.25) is 5.02 Å². The third kappa shape index (κ3) is 17.8. The minimum Gasteiger partial charge on any atom is -0.377 e. The van der Waals surface area contributed by atoms with Crippen LogP contribution in [-0.4, -0.2) is 150 Å². The molecular formula is C45H67ClN6O9S. The van der Waals surface area contributed by atoms with Gasteiger partial charge in [-0.05, 0) is 80.5 Å². The molecule has 5 N–H and O–H groups in total. The molecule has 0 aromatic heterocycles. The zero-order chi connectivity index (χ0) is 44.5. The first-order valence-corrected chi connectivity index (χ1v) is 23.3. The topological polar surface area (TPSA) is 186 Å². The van der Waals surface area contributed by atoms with Gasteiger partial charge in [0.25, 0.3) is 11.8 Å². The molecule has 62 heavy (non-hydrogen) atoms. The molecular weight excluding hydrogens is 836 g/mol. The molecule has 2 fully saturated rings. The van der Waals surface area contributed by atoms with E-state index >= 15 is 0 Å². The highest BCUT2D eigenvalue weighted by Gasteiger charge is 2.35. The molecule has 5 amide bonds. The number of rotatable bonds is 29. The largest absolute Gasteiger partial charge is 0.377 e. The van der Waals surface area contributed by atoms with E-state index in [-0.39, 0.29) is 42.3 Å². The molecule has 0 bridgehead atoms. The monoisotopic (exact) mass is 902 g/mol. The minimum atomic E-state index is -0.691.